The number of ether oxygens (including phenoxy) is 2. The highest BCUT2D eigenvalue weighted by Crippen LogP contribution is 2.31. The summed E-state index contributed by atoms with van der Waals surface area (Å²) in [5, 5.41) is 13.6. The minimum absolute atomic E-state index is 0.0329. The van der Waals surface area contributed by atoms with Crippen molar-refractivity contribution in [2.45, 2.75) is 32.9 Å². The topological polar surface area (TPSA) is 101 Å². The van der Waals surface area contributed by atoms with E-state index < -0.39 is 0 Å². The van der Waals surface area contributed by atoms with E-state index in [1.54, 1.807) is 18.2 Å². The molecule has 0 bridgehead atoms. The van der Waals surface area contributed by atoms with Gasteiger partial charge in [0.1, 0.15) is 30.5 Å². The van der Waals surface area contributed by atoms with Crippen molar-refractivity contribution in [3.63, 3.8) is 0 Å². The van der Waals surface area contributed by atoms with E-state index in [0.29, 0.717) is 54.7 Å². The van der Waals surface area contributed by atoms with Crippen molar-refractivity contribution < 1.29 is 18.8 Å². The zero-order chi connectivity index (χ0) is 22.5. The molecule has 0 N–H and O–H groups in total. The summed E-state index contributed by atoms with van der Waals surface area (Å²) < 4.78 is 17.0. The Morgan fingerprint density at radius 2 is 2.09 bits per heavy atom. The first-order valence-electron chi connectivity index (χ1n) is 10.5. The molecule has 1 aliphatic heterocycles. The van der Waals surface area contributed by atoms with Crippen LogP contribution in [0.25, 0.3) is 22.8 Å². The summed E-state index contributed by atoms with van der Waals surface area (Å²) in [5.41, 5.74) is 2.88. The van der Waals surface area contributed by atoms with Crippen LogP contribution in [-0.2, 0) is 11.3 Å². The molecule has 0 spiro atoms. The van der Waals surface area contributed by atoms with Crippen LogP contribution in [0.1, 0.15) is 31.4 Å². The number of rotatable bonds is 7. The molecule has 4 rings (SSSR count). The SMILES string of the molecule is CC(C)Oc1ccc(-c2nc(-c3ccc4c(c3)CN(CCC=O)CCO4)no2)cc1C#N. The molecule has 0 unspecified atom stereocenters. The van der Waals surface area contributed by atoms with Crippen LogP contribution in [-0.4, -0.2) is 47.1 Å². The van der Waals surface area contributed by atoms with E-state index in [1.807, 2.05) is 32.0 Å². The number of aromatic nitrogens is 2. The summed E-state index contributed by atoms with van der Waals surface area (Å²) in [5.74, 6) is 2.13. The number of hydrogen-bond donors (Lipinski definition) is 0. The van der Waals surface area contributed by atoms with Crippen LogP contribution in [0.4, 0.5) is 0 Å². The molecular weight excluding hydrogens is 408 g/mol. The lowest BCUT2D eigenvalue weighted by Gasteiger charge is -2.17. The summed E-state index contributed by atoms with van der Waals surface area (Å²) >= 11 is 0. The van der Waals surface area contributed by atoms with Crippen LogP contribution < -0.4 is 9.47 Å². The quantitative estimate of drug-likeness (QED) is 0.519. The second-order valence-corrected chi connectivity index (χ2v) is 7.81. The fraction of sp³-hybridized carbons (Fsp3) is 0.333. The number of hydrogen-bond acceptors (Lipinski definition) is 8. The second kappa shape index (κ2) is 9.62. The van der Waals surface area contributed by atoms with Gasteiger partial charge in [-0.15, -0.1) is 0 Å². The minimum Gasteiger partial charge on any atom is -0.492 e. The van der Waals surface area contributed by atoms with Crippen molar-refractivity contribution in [1.29, 1.82) is 5.26 Å². The molecule has 1 aromatic heterocycles. The summed E-state index contributed by atoms with van der Waals surface area (Å²) in [6, 6.07) is 13.2. The molecule has 0 radical (unpaired) electrons. The summed E-state index contributed by atoms with van der Waals surface area (Å²) in [4.78, 5) is 17.5. The molecule has 0 atom stereocenters. The smallest absolute Gasteiger partial charge is 0.258 e. The number of carbonyl (C=O) groups excluding carboxylic acids is 1. The van der Waals surface area contributed by atoms with Crippen molar-refractivity contribution in [2.75, 3.05) is 19.7 Å². The van der Waals surface area contributed by atoms with Gasteiger partial charge in [-0.2, -0.15) is 10.2 Å². The number of aldehydes is 1. The Morgan fingerprint density at radius 3 is 2.88 bits per heavy atom. The van der Waals surface area contributed by atoms with Crippen molar-refractivity contribution in [3.8, 4) is 40.4 Å². The number of carbonyl (C=O) groups is 1. The number of nitrogens with zero attached hydrogens (tertiary/aromatic N) is 4. The monoisotopic (exact) mass is 432 g/mol. The Morgan fingerprint density at radius 1 is 1.25 bits per heavy atom. The van der Waals surface area contributed by atoms with Crippen molar-refractivity contribution >= 4 is 6.29 Å². The third kappa shape index (κ3) is 4.79. The van der Waals surface area contributed by atoms with Gasteiger partial charge in [0.15, 0.2) is 0 Å². The molecule has 0 saturated heterocycles. The van der Waals surface area contributed by atoms with Gasteiger partial charge in [-0.1, -0.05) is 5.16 Å². The lowest BCUT2D eigenvalue weighted by Crippen LogP contribution is -2.27. The van der Waals surface area contributed by atoms with Crippen molar-refractivity contribution in [3.05, 3.63) is 47.5 Å². The number of fused-ring (bicyclic) bond motifs is 1. The van der Waals surface area contributed by atoms with Gasteiger partial charge in [0.05, 0.1) is 11.7 Å². The van der Waals surface area contributed by atoms with Crippen LogP contribution in [0, 0.1) is 11.3 Å². The Kier molecular flexibility index (Phi) is 6.47. The van der Waals surface area contributed by atoms with Crippen LogP contribution in [0.3, 0.4) is 0 Å². The molecule has 0 aliphatic carbocycles. The summed E-state index contributed by atoms with van der Waals surface area (Å²) in [6.07, 6.45) is 1.40. The first-order chi connectivity index (χ1) is 15.6. The average molecular weight is 432 g/mol. The number of benzene rings is 2. The predicted molar refractivity (Wildman–Crippen MR) is 117 cm³/mol. The van der Waals surface area contributed by atoms with Crippen LogP contribution in [0.15, 0.2) is 40.9 Å². The van der Waals surface area contributed by atoms with Gasteiger partial charge in [-0.3, -0.25) is 4.90 Å². The molecule has 2 aromatic carbocycles. The van der Waals surface area contributed by atoms with Crippen LogP contribution in [0.2, 0.25) is 0 Å². The van der Waals surface area contributed by atoms with E-state index in [2.05, 4.69) is 21.1 Å². The zero-order valence-electron chi connectivity index (χ0n) is 18.1. The highest BCUT2D eigenvalue weighted by Gasteiger charge is 2.18. The molecule has 32 heavy (non-hydrogen) atoms. The predicted octanol–water partition coefficient (Wildman–Crippen LogP) is 3.85. The molecule has 164 valence electrons. The first kappa shape index (κ1) is 21.5. The average Bonchev–Trinajstić information content (AvgIpc) is 3.19. The molecule has 1 aliphatic rings. The Hall–Kier alpha value is -3.70. The van der Waals surface area contributed by atoms with Gasteiger partial charge in [0.25, 0.3) is 5.89 Å². The molecule has 2 heterocycles. The van der Waals surface area contributed by atoms with Crippen molar-refractivity contribution in [2.24, 2.45) is 0 Å². The van der Waals surface area contributed by atoms with Gasteiger partial charge in [0.2, 0.25) is 5.82 Å². The highest BCUT2D eigenvalue weighted by molar-refractivity contribution is 5.64. The summed E-state index contributed by atoms with van der Waals surface area (Å²) in [6.45, 7) is 6.54. The van der Waals surface area contributed by atoms with E-state index in [0.717, 1.165) is 29.7 Å². The zero-order valence-corrected chi connectivity index (χ0v) is 18.1. The first-order valence-corrected chi connectivity index (χ1v) is 10.5. The lowest BCUT2D eigenvalue weighted by molar-refractivity contribution is -0.108. The highest BCUT2D eigenvalue weighted by atomic mass is 16.5. The van der Waals surface area contributed by atoms with E-state index in [1.165, 1.54) is 0 Å². The van der Waals surface area contributed by atoms with Gasteiger partial charge >= 0.3 is 0 Å². The molecule has 0 fully saturated rings. The number of nitriles is 1. The van der Waals surface area contributed by atoms with Crippen molar-refractivity contribution in [1.82, 2.24) is 15.0 Å². The fourth-order valence-corrected chi connectivity index (χ4v) is 3.58. The van der Waals surface area contributed by atoms with E-state index >= 15 is 0 Å². The standard InChI is InChI=1S/C24H24N4O4/c1-16(2)31-22-7-5-18(13-19(22)14-25)24-26-23(27-32-24)17-4-6-21-20(12-17)15-28(8-3-10-29)9-11-30-21/h4-7,10,12-13,16H,3,8-9,11,15H2,1-2H3. The summed E-state index contributed by atoms with van der Waals surface area (Å²) in [7, 11) is 0. The maximum absolute atomic E-state index is 10.7. The largest absolute Gasteiger partial charge is 0.492 e. The van der Waals surface area contributed by atoms with Gasteiger partial charge in [-0.25, -0.2) is 0 Å². The maximum Gasteiger partial charge on any atom is 0.258 e. The third-order valence-corrected chi connectivity index (χ3v) is 5.08. The molecule has 0 saturated carbocycles. The molecular formula is C24H24N4O4. The van der Waals surface area contributed by atoms with E-state index in [-0.39, 0.29) is 6.10 Å². The van der Waals surface area contributed by atoms with E-state index in [9.17, 15) is 10.1 Å². The molecule has 0 amide bonds. The Bertz CT molecular complexity index is 1150. The normalized spacial score (nSPS) is 13.7. The maximum atomic E-state index is 10.7. The van der Waals surface area contributed by atoms with Gasteiger partial charge in [-0.05, 0) is 50.2 Å². The second-order valence-electron chi connectivity index (χ2n) is 7.81. The van der Waals surface area contributed by atoms with Gasteiger partial charge in [0, 0.05) is 42.7 Å². The van der Waals surface area contributed by atoms with Crippen LogP contribution >= 0.6 is 0 Å². The lowest BCUT2D eigenvalue weighted by atomic mass is 10.1. The van der Waals surface area contributed by atoms with E-state index in [4.69, 9.17) is 14.0 Å². The third-order valence-electron chi connectivity index (χ3n) is 5.08. The Balaban J connectivity index is 1.59. The minimum atomic E-state index is -0.0329. The van der Waals surface area contributed by atoms with Gasteiger partial charge < -0.3 is 18.8 Å². The van der Waals surface area contributed by atoms with Crippen LogP contribution in [0.5, 0.6) is 11.5 Å². The molecule has 3 aromatic rings. The fourth-order valence-electron chi connectivity index (χ4n) is 3.58. The Labute approximate surface area is 186 Å². The molecule has 8 nitrogen and oxygen atoms in total. The molecule has 8 heteroatoms.